The Bertz CT molecular complexity index is 625. The molecule has 1 aliphatic carbocycles. The number of hydrogen-bond donors (Lipinski definition) is 2. The van der Waals surface area contributed by atoms with Gasteiger partial charge in [-0.25, -0.2) is 0 Å². The fourth-order valence-corrected chi connectivity index (χ4v) is 2.98. The van der Waals surface area contributed by atoms with Gasteiger partial charge in [-0.2, -0.15) is 0 Å². The van der Waals surface area contributed by atoms with E-state index in [4.69, 9.17) is 30.0 Å². The van der Waals surface area contributed by atoms with Gasteiger partial charge in [-0.05, 0) is 63.1 Å². The molecular weight excluding hydrogens is 423 g/mol. The fourth-order valence-electron chi connectivity index (χ4n) is 2.03. The monoisotopic (exact) mass is 468 g/mol. The fraction of sp³-hybridized carbons (Fsp3) is 0.520. The highest BCUT2D eigenvalue weighted by Crippen LogP contribution is 2.36. The molecule has 4 N–H and O–H groups in total. The molecule has 0 saturated carbocycles. The summed E-state index contributed by atoms with van der Waals surface area (Å²) in [4.78, 5) is 0. The molecule has 0 radical (unpaired) electrons. The van der Waals surface area contributed by atoms with Gasteiger partial charge in [0.25, 0.3) is 0 Å². The van der Waals surface area contributed by atoms with Gasteiger partial charge in [0.05, 0.1) is 31.7 Å². The van der Waals surface area contributed by atoms with E-state index in [2.05, 4.69) is 13.5 Å². The second kappa shape index (κ2) is 23.6. The van der Waals surface area contributed by atoms with E-state index in [0.29, 0.717) is 18.9 Å². The summed E-state index contributed by atoms with van der Waals surface area (Å²) in [7, 11) is 0.828. The first kappa shape index (κ1) is 32.2. The number of allylic oxidation sites excluding steroid dienone is 8. The van der Waals surface area contributed by atoms with Crippen LogP contribution in [0.15, 0.2) is 72.0 Å². The van der Waals surface area contributed by atoms with Crippen LogP contribution >= 0.6 is 8.38 Å². The molecule has 0 bridgehead atoms. The SMILES string of the molecule is C=C/C(N)=C\C=C(/C)OCCP(OC)OCC.CC.CCCCOC1=CCC=C(N)C=C1. The van der Waals surface area contributed by atoms with Gasteiger partial charge in [-0.3, -0.25) is 0 Å². The first-order valence-electron chi connectivity index (χ1n) is 11.3. The van der Waals surface area contributed by atoms with Crippen LogP contribution in [0.25, 0.3) is 0 Å². The van der Waals surface area contributed by atoms with Gasteiger partial charge in [0, 0.05) is 18.5 Å². The maximum Gasteiger partial charge on any atom is 0.173 e. The molecule has 1 unspecified atom stereocenters. The summed E-state index contributed by atoms with van der Waals surface area (Å²) in [6.07, 6.45) is 16.9. The molecule has 0 aromatic rings. The third kappa shape index (κ3) is 19.9. The topological polar surface area (TPSA) is 89.0 Å². The van der Waals surface area contributed by atoms with E-state index < -0.39 is 8.38 Å². The lowest BCUT2D eigenvalue weighted by Gasteiger charge is -2.14. The lowest BCUT2D eigenvalue weighted by Crippen LogP contribution is -2.01. The molecule has 7 heteroatoms. The van der Waals surface area contributed by atoms with E-state index in [-0.39, 0.29) is 0 Å². The van der Waals surface area contributed by atoms with E-state index in [1.54, 1.807) is 19.3 Å². The molecule has 1 atom stereocenters. The smallest absolute Gasteiger partial charge is 0.173 e. The minimum Gasteiger partial charge on any atom is -0.498 e. The average Bonchev–Trinajstić information content (AvgIpc) is 3.02. The van der Waals surface area contributed by atoms with Crippen LogP contribution in [0, 0.1) is 0 Å². The Morgan fingerprint density at radius 2 is 1.88 bits per heavy atom. The van der Waals surface area contributed by atoms with Gasteiger partial charge in [0.2, 0.25) is 0 Å². The molecule has 6 nitrogen and oxygen atoms in total. The first-order chi connectivity index (χ1) is 15.5. The van der Waals surface area contributed by atoms with Crippen molar-refractivity contribution in [3.05, 3.63) is 72.0 Å². The first-order valence-corrected chi connectivity index (χ1v) is 12.6. The van der Waals surface area contributed by atoms with Crippen LogP contribution in [0.2, 0.25) is 0 Å². The molecule has 0 aliphatic heterocycles. The van der Waals surface area contributed by atoms with Gasteiger partial charge in [0.15, 0.2) is 8.38 Å². The lowest BCUT2D eigenvalue weighted by molar-refractivity contribution is 0.218. The van der Waals surface area contributed by atoms with Crippen molar-refractivity contribution in [1.82, 2.24) is 0 Å². The summed E-state index contributed by atoms with van der Waals surface area (Å²) < 4.78 is 21.6. The largest absolute Gasteiger partial charge is 0.498 e. The molecule has 0 fully saturated rings. The highest BCUT2D eigenvalue weighted by molar-refractivity contribution is 7.47. The van der Waals surface area contributed by atoms with Gasteiger partial charge in [-0.15, -0.1) is 0 Å². The summed E-state index contributed by atoms with van der Waals surface area (Å²) in [5.41, 5.74) is 12.6. The Hall–Kier alpha value is -2.01. The van der Waals surface area contributed by atoms with Gasteiger partial charge in [-0.1, -0.05) is 39.8 Å². The molecule has 0 spiro atoms. The van der Waals surface area contributed by atoms with E-state index in [1.165, 1.54) is 0 Å². The zero-order chi connectivity index (χ0) is 24.6. The van der Waals surface area contributed by atoms with E-state index in [0.717, 1.165) is 49.2 Å². The third-order valence-electron chi connectivity index (χ3n) is 3.71. The van der Waals surface area contributed by atoms with Crippen molar-refractivity contribution < 1.29 is 18.5 Å². The second-order valence-electron chi connectivity index (χ2n) is 6.23. The van der Waals surface area contributed by atoms with Crippen LogP contribution in [0.3, 0.4) is 0 Å². The summed E-state index contributed by atoms with van der Waals surface area (Å²) in [6.45, 7) is 15.6. The number of ether oxygens (including phenoxy) is 2. The Kier molecular flexibility index (Phi) is 23.8. The quantitative estimate of drug-likeness (QED) is 0.140. The number of hydrogen-bond acceptors (Lipinski definition) is 6. The van der Waals surface area contributed by atoms with Crippen molar-refractivity contribution in [3.8, 4) is 0 Å². The van der Waals surface area contributed by atoms with E-state index >= 15 is 0 Å². The van der Waals surface area contributed by atoms with Crippen LogP contribution < -0.4 is 11.5 Å². The highest BCUT2D eigenvalue weighted by Gasteiger charge is 2.07. The van der Waals surface area contributed by atoms with Crippen LogP contribution in [0.5, 0.6) is 0 Å². The van der Waals surface area contributed by atoms with E-state index in [1.807, 2.05) is 58.1 Å². The summed E-state index contributed by atoms with van der Waals surface area (Å²) in [6, 6.07) is 0. The summed E-state index contributed by atoms with van der Waals surface area (Å²) in [5, 5.41) is 0. The zero-order valence-corrected chi connectivity index (χ0v) is 21.8. The van der Waals surface area contributed by atoms with Crippen molar-refractivity contribution >= 4 is 8.38 Å². The van der Waals surface area contributed by atoms with Gasteiger partial charge < -0.3 is 30.0 Å². The summed E-state index contributed by atoms with van der Waals surface area (Å²) in [5.74, 6) is 1.74. The van der Waals surface area contributed by atoms with Crippen LogP contribution in [0.1, 0.15) is 53.9 Å². The maximum absolute atomic E-state index is 5.64. The van der Waals surface area contributed by atoms with Crippen LogP contribution in [-0.4, -0.2) is 33.1 Å². The van der Waals surface area contributed by atoms with Crippen LogP contribution in [0.4, 0.5) is 0 Å². The standard InChI is InChI=1S/C12H22NO3P.C11H17NO.C2H6/c1-5-12(13)8-7-11(3)15-9-10-17(14-4)16-6-2;1-2-3-9-13-11-6-4-5-10(12)7-8-11;1-2/h5,7-8H,1,6,9-10,13H2,2-4H3;5-8H,2-4,9,12H2,1H3;1-2H3/b11-7+,12-8+;;. The Morgan fingerprint density at radius 1 is 1.16 bits per heavy atom. The Labute approximate surface area is 197 Å². The number of rotatable bonds is 13. The molecular formula is C25H45N2O4P. The minimum atomic E-state index is -0.823. The third-order valence-corrected chi connectivity index (χ3v) is 5.21. The molecule has 0 saturated heterocycles. The van der Waals surface area contributed by atoms with Crippen LogP contribution in [-0.2, 0) is 18.5 Å². The molecule has 0 heterocycles. The molecule has 1 rings (SSSR count). The van der Waals surface area contributed by atoms with Crippen molar-refractivity contribution in [3.63, 3.8) is 0 Å². The summed E-state index contributed by atoms with van der Waals surface area (Å²) >= 11 is 0. The molecule has 32 heavy (non-hydrogen) atoms. The lowest BCUT2D eigenvalue weighted by atomic mass is 10.3. The maximum atomic E-state index is 5.64. The van der Waals surface area contributed by atoms with E-state index in [9.17, 15) is 0 Å². The Morgan fingerprint density at radius 3 is 2.47 bits per heavy atom. The van der Waals surface area contributed by atoms with Crippen molar-refractivity contribution in [1.29, 1.82) is 0 Å². The normalized spacial score (nSPS) is 14.4. The number of unbranched alkanes of at least 4 members (excludes halogenated alkanes) is 1. The predicted octanol–water partition coefficient (Wildman–Crippen LogP) is 6.45. The van der Waals surface area contributed by atoms with Crippen molar-refractivity contribution in [2.24, 2.45) is 11.5 Å². The predicted molar refractivity (Wildman–Crippen MR) is 139 cm³/mol. The number of nitrogens with two attached hydrogens (primary N) is 2. The molecule has 1 aliphatic rings. The highest BCUT2D eigenvalue weighted by atomic mass is 31.2. The molecule has 184 valence electrons. The molecule has 0 aromatic heterocycles. The van der Waals surface area contributed by atoms with Gasteiger partial charge in [0.1, 0.15) is 5.76 Å². The zero-order valence-electron chi connectivity index (χ0n) is 20.9. The average molecular weight is 469 g/mol. The Balaban J connectivity index is 0. The van der Waals surface area contributed by atoms with Gasteiger partial charge >= 0.3 is 0 Å². The van der Waals surface area contributed by atoms with Crippen molar-refractivity contribution in [2.45, 2.75) is 53.9 Å². The minimum absolute atomic E-state index is 0.573. The molecule has 0 amide bonds. The molecule has 0 aromatic carbocycles. The van der Waals surface area contributed by atoms with Crippen molar-refractivity contribution in [2.75, 3.05) is 33.1 Å². The second-order valence-corrected chi connectivity index (χ2v) is 7.97.